The summed E-state index contributed by atoms with van der Waals surface area (Å²) in [5.74, 6) is -0.925. The predicted molar refractivity (Wildman–Crippen MR) is 91.3 cm³/mol. The molecular weight excluding hydrogens is 312 g/mol. The number of hydrogen-bond donors (Lipinski definition) is 1. The predicted octanol–water partition coefficient (Wildman–Crippen LogP) is 2.45. The minimum atomic E-state index is -0.727. The average molecular weight is 336 g/mol. The largest absolute Gasteiger partial charge is 0.481 e. The Morgan fingerprint density at radius 3 is 2.74 bits per heavy atom. The first-order chi connectivity index (χ1) is 11.0. The van der Waals surface area contributed by atoms with E-state index >= 15 is 0 Å². The van der Waals surface area contributed by atoms with E-state index in [2.05, 4.69) is 11.5 Å². The zero-order valence-corrected chi connectivity index (χ0v) is 14.3. The molecule has 5 nitrogen and oxygen atoms in total. The molecule has 0 spiro atoms. The van der Waals surface area contributed by atoms with Crippen molar-refractivity contribution in [2.45, 2.75) is 32.4 Å². The summed E-state index contributed by atoms with van der Waals surface area (Å²) in [6, 6.07) is 3.78. The van der Waals surface area contributed by atoms with Crippen LogP contribution in [0.25, 0.3) is 0 Å². The van der Waals surface area contributed by atoms with E-state index in [1.165, 1.54) is 0 Å². The second kappa shape index (κ2) is 8.26. The summed E-state index contributed by atoms with van der Waals surface area (Å²) in [4.78, 5) is 28.9. The number of aliphatic carboxylic acids is 1. The van der Waals surface area contributed by atoms with Crippen LogP contribution in [0.1, 0.15) is 24.6 Å². The Kier molecular flexibility index (Phi) is 6.36. The van der Waals surface area contributed by atoms with Gasteiger partial charge in [0, 0.05) is 11.4 Å². The van der Waals surface area contributed by atoms with Gasteiger partial charge < -0.3 is 10.0 Å². The van der Waals surface area contributed by atoms with Crippen LogP contribution in [0.15, 0.2) is 30.2 Å². The molecule has 1 aromatic heterocycles. The van der Waals surface area contributed by atoms with Crippen LogP contribution in [0.5, 0.6) is 0 Å². The van der Waals surface area contributed by atoms with E-state index in [4.69, 9.17) is 5.11 Å². The molecule has 23 heavy (non-hydrogen) atoms. The molecule has 6 heteroatoms. The fourth-order valence-corrected chi connectivity index (χ4v) is 3.65. The van der Waals surface area contributed by atoms with Crippen molar-refractivity contribution in [2.75, 3.05) is 19.6 Å². The van der Waals surface area contributed by atoms with Crippen molar-refractivity contribution in [3.8, 4) is 0 Å². The maximum Gasteiger partial charge on any atom is 0.306 e. The summed E-state index contributed by atoms with van der Waals surface area (Å²) in [7, 11) is 0. The molecule has 1 aliphatic rings. The molecule has 2 rings (SSSR count). The highest BCUT2D eigenvalue weighted by molar-refractivity contribution is 7.09. The summed E-state index contributed by atoms with van der Waals surface area (Å²) in [5, 5.41) is 11.1. The molecule has 1 aromatic rings. The highest BCUT2D eigenvalue weighted by atomic mass is 32.1. The first-order valence-electron chi connectivity index (χ1n) is 7.91. The monoisotopic (exact) mass is 336 g/mol. The molecule has 1 saturated heterocycles. The molecule has 1 amide bonds. The second-order valence-corrected chi connectivity index (χ2v) is 6.94. The van der Waals surface area contributed by atoms with Gasteiger partial charge in [0.1, 0.15) is 0 Å². The summed E-state index contributed by atoms with van der Waals surface area (Å²) in [6.07, 6.45) is 2.97. The third kappa shape index (κ3) is 4.65. The van der Waals surface area contributed by atoms with Gasteiger partial charge in [0.05, 0.1) is 18.5 Å². The summed E-state index contributed by atoms with van der Waals surface area (Å²) >= 11 is 1.64. The van der Waals surface area contributed by atoms with Crippen LogP contribution < -0.4 is 0 Å². The van der Waals surface area contributed by atoms with E-state index in [9.17, 15) is 9.59 Å². The van der Waals surface area contributed by atoms with E-state index in [1.807, 2.05) is 29.3 Å². The number of thiophene rings is 1. The number of carbonyl (C=O) groups is 2. The fourth-order valence-electron chi connectivity index (χ4n) is 2.93. The molecule has 1 aliphatic heterocycles. The van der Waals surface area contributed by atoms with Crippen molar-refractivity contribution < 1.29 is 14.7 Å². The third-order valence-electron chi connectivity index (χ3n) is 4.37. The molecule has 0 radical (unpaired) electrons. The van der Waals surface area contributed by atoms with Crippen LogP contribution in [0.4, 0.5) is 0 Å². The smallest absolute Gasteiger partial charge is 0.306 e. The lowest BCUT2D eigenvalue weighted by Gasteiger charge is -2.36. The zero-order valence-electron chi connectivity index (χ0n) is 13.5. The van der Waals surface area contributed by atoms with Gasteiger partial charge in [-0.1, -0.05) is 12.1 Å². The van der Waals surface area contributed by atoms with Crippen LogP contribution in [0.3, 0.4) is 0 Å². The lowest BCUT2D eigenvalue weighted by atomic mass is 9.96. The number of carboxylic acids is 1. The minimum Gasteiger partial charge on any atom is -0.481 e. The summed E-state index contributed by atoms with van der Waals surface area (Å²) < 4.78 is 0. The van der Waals surface area contributed by atoms with E-state index < -0.39 is 5.97 Å². The number of rotatable bonds is 7. The van der Waals surface area contributed by atoms with Gasteiger partial charge in [0.2, 0.25) is 5.91 Å². The maximum atomic E-state index is 12.8. The number of likely N-dealkylation sites (tertiary alicyclic amines) is 1. The number of hydrogen-bond acceptors (Lipinski definition) is 4. The number of amides is 1. The molecule has 0 bridgehead atoms. The van der Waals surface area contributed by atoms with Crippen molar-refractivity contribution in [3.63, 3.8) is 0 Å². The Bertz CT molecular complexity index is 536. The van der Waals surface area contributed by atoms with E-state index in [-0.39, 0.29) is 17.9 Å². The quantitative estimate of drug-likeness (QED) is 0.777. The number of piperidine rings is 1. The standard InChI is InChI=1S/C17H24N2O3S/c1-3-8-19(12-15-5-4-11-23-15)16(20)13(2)18-9-6-14(7-10-18)17(21)22/h3-5,11,13-14H,1,6-10,12H2,2H3,(H,21,22). The number of carboxylic acid groups (broad SMARTS) is 1. The van der Waals surface area contributed by atoms with Gasteiger partial charge in [-0.3, -0.25) is 14.5 Å². The maximum absolute atomic E-state index is 12.8. The summed E-state index contributed by atoms with van der Waals surface area (Å²) in [5.41, 5.74) is 0. The Morgan fingerprint density at radius 2 is 2.22 bits per heavy atom. The first kappa shape index (κ1) is 17.7. The van der Waals surface area contributed by atoms with Crippen LogP contribution >= 0.6 is 11.3 Å². The second-order valence-electron chi connectivity index (χ2n) is 5.91. The Hall–Kier alpha value is -1.66. The van der Waals surface area contributed by atoms with Crippen LogP contribution in [-0.2, 0) is 16.1 Å². The zero-order chi connectivity index (χ0) is 16.8. The van der Waals surface area contributed by atoms with E-state index in [0.29, 0.717) is 39.0 Å². The molecule has 1 atom stereocenters. The van der Waals surface area contributed by atoms with Gasteiger partial charge in [-0.2, -0.15) is 0 Å². The average Bonchev–Trinajstić information content (AvgIpc) is 3.06. The van der Waals surface area contributed by atoms with Gasteiger partial charge in [0.15, 0.2) is 0 Å². The van der Waals surface area contributed by atoms with Crippen molar-refractivity contribution in [1.82, 2.24) is 9.80 Å². The van der Waals surface area contributed by atoms with Crippen LogP contribution in [0, 0.1) is 5.92 Å². The highest BCUT2D eigenvalue weighted by Gasteiger charge is 2.31. The molecule has 126 valence electrons. The molecule has 0 aromatic carbocycles. The van der Waals surface area contributed by atoms with Crippen LogP contribution in [-0.4, -0.2) is 52.5 Å². The third-order valence-corrected chi connectivity index (χ3v) is 5.23. The lowest BCUT2D eigenvalue weighted by Crippen LogP contribution is -2.50. The lowest BCUT2D eigenvalue weighted by molar-refractivity contribution is -0.144. The van der Waals surface area contributed by atoms with Gasteiger partial charge in [0.25, 0.3) is 0 Å². The highest BCUT2D eigenvalue weighted by Crippen LogP contribution is 2.21. The van der Waals surface area contributed by atoms with Crippen molar-refractivity contribution >= 4 is 23.2 Å². The van der Waals surface area contributed by atoms with Gasteiger partial charge >= 0.3 is 5.97 Å². The van der Waals surface area contributed by atoms with Gasteiger partial charge in [-0.25, -0.2) is 0 Å². The van der Waals surface area contributed by atoms with Crippen molar-refractivity contribution in [2.24, 2.45) is 5.92 Å². The summed E-state index contributed by atoms with van der Waals surface area (Å²) in [6.45, 7) is 8.09. The minimum absolute atomic E-state index is 0.0760. The van der Waals surface area contributed by atoms with Crippen molar-refractivity contribution in [3.05, 3.63) is 35.0 Å². The molecule has 2 heterocycles. The SMILES string of the molecule is C=CCN(Cc1cccs1)C(=O)C(C)N1CCC(C(=O)O)CC1. The molecule has 1 unspecified atom stereocenters. The van der Waals surface area contributed by atoms with Gasteiger partial charge in [-0.05, 0) is 44.3 Å². The first-order valence-corrected chi connectivity index (χ1v) is 8.79. The van der Waals surface area contributed by atoms with Crippen molar-refractivity contribution in [1.29, 1.82) is 0 Å². The Labute approximate surface area is 141 Å². The topological polar surface area (TPSA) is 60.9 Å². The molecule has 0 aliphatic carbocycles. The molecule has 1 fully saturated rings. The van der Waals surface area contributed by atoms with E-state index in [0.717, 1.165) is 4.88 Å². The normalized spacial score (nSPS) is 17.6. The van der Waals surface area contributed by atoms with E-state index in [1.54, 1.807) is 17.4 Å². The fraction of sp³-hybridized carbons (Fsp3) is 0.529. The van der Waals surface area contributed by atoms with Crippen LogP contribution in [0.2, 0.25) is 0 Å². The molecule has 0 saturated carbocycles. The number of carbonyl (C=O) groups excluding carboxylic acids is 1. The Balaban J connectivity index is 1.96. The Morgan fingerprint density at radius 1 is 1.52 bits per heavy atom. The van der Waals surface area contributed by atoms with Gasteiger partial charge in [-0.15, -0.1) is 17.9 Å². The molecule has 1 N–H and O–H groups in total. The number of nitrogens with zero attached hydrogens (tertiary/aromatic N) is 2. The molecular formula is C17H24N2O3S.